The van der Waals surface area contributed by atoms with E-state index in [4.69, 9.17) is 22.6 Å². The monoisotopic (exact) mass is 379 g/mol. The first-order valence-corrected chi connectivity index (χ1v) is 8.40. The van der Waals surface area contributed by atoms with Crippen LogP contribution < -0.4 is 10.6 Å². The SMILES string of the molecule is [2H]C1([2H])CN(c2cccc(Cl)c2)CC([2H])([2H])N1C([2H])([2H])CC([2H])([2H])n1nc2ccccn2c1=O. The molecule has 1 aliphatic rings. The highest BCUT2D eigenvalue weighted by molar-refractivity contribution is 6.30. The van der Waals surface area contributed by atoms with Gasteiger partial charge in [0.05, 0.1) is 2.74 Å². The number of rotatable bonds is 5. The molecule has 0 bridgehead atoms. The zero-order valence-corrected chi connectivity index (χ0v) is 14.5. The quantitative estimate of drug-likeness (QED) is 0.682. The molecule has 0 radical (unpaired) electrons. The number of hydrogen-bond donors (Lipinski definition) is 0. The molecule has 6 nitrogen and oxygen atoms in total. The van der Waals surface area contributed by atoms with E-state index in [0.717, 1.165) is 4.40 Å². The molecule has 0 saturated carbocycles. The number of fused-ring (bicyclic) bond motifs is 1. The van der Waals surface area contributed by atoms with Crippen molar-refractivity contribution in [2.75, 3.05) is 37.5 Å². The van der Waals surface area contributed by atoms with Gasteiger partial charge in [0, 0.05) is 64.2 Å². The van der Waals surface area contributed by atoms with Gasteiger partial charge in [-0.05, 0) is 36.8 Å². The number of piperazine rings is 1. The molecule has 0 amide bonds. The van der Waals surface area contributed by atoms with Crippen molar-refractivity contribution in [2.45, 2.75) is 12.9 Å². The summed E-state index contributed by atoms with van der Waals surface area (Å²) in [4.78, 5) is 14.5. The van der Waals surface area contributed by atoms with Crippen LogP contribution in [0.1, 0.15) is 17.4 Å². The molecule has 0 N–H and O–H groups in total. The molecule has 1 aliphatic heterocycles. The fourth-order valence-electron chi connectivity index (χ4n) is 2.61. The Kier molecular flexibility index (Phi) is 2.93. The fourth-order valence-corrected chi connectivity index (χ4v) is 2.79. The second-order valence-electron chi connectivity index (χ2n) is 5.60. The van der Waals surface area contributed by atoms with Gasteiger partial charge in [0.1, 0.15) is 0 Å². The van der Waals surface area contributed by atoms with E-state index in [0.29, 0.717) is 20.3 Å². The molecular weight excluding hydrogens is 350 g/mol. The van der Waals surface area contributed by atoms with Crippen molar-refractivity contribution in [3.63, 3.8) is 0 Å². The van der Waals surface area contributed by atoms with Crippen LogP contribution >= 0.6 is 11.6 Å². The van der Waals surface area contributed by atoms with Crippen molar-refractivity contribution in [2.24, 2.45) is 0 Å². The summed E-state index contributed by atoms with van der Waals surface area (Å²) in [6.45, 7) is -11.3. The topological polar surface area (TPSA) is 45.8 Å². The maximum atomic E-state index is 12.6. The second kappa shape index (κ2) is 7.51. The zero-order chi connectivity index (χ0) is 25.1. The van der Waals surface area contributed by atoms with Crippen molar-refractivity contribution < 1.29 is 11.0 Å². The summed E-state index contributed by atoms with van der Waals surface area (Å²) < 4.78 is 69.4. The minimum atomic E-state index is -2.83. The van der Waals surface area contributed by atoms with E-state index in [9.17, 15) is 4.79 Å². The standard InChI is InChI=1S/C19H22ClN5O/c20-16-5-3-6-17(15-16)23-13-11-22(12-14-23)8-4-10-25-19(26)24-9-2-1-7-18(24)21-25/h1-3,5-7,9,15H,4,8,10-14H2/i8D2,10D2,11D2,12D2. The van der Waals surface area contributed by atoms with E-state index >= 15 is 0 Å². The molecule has 0 aliphatic carbocycles. The van der Waals surface area contributed by atoms with E-state index in [1.807, 2.05) is 0 Å². The van der Waals surface area contributed by atoms with Crippen LogP contribution in [0.4, 0.5) is 5.69 Å². The molecule has 1 saturated heterocycles. The lowest BCUT2D eigenvalue weighted by atomic mass is 10.2. The Bertz CT molecular complexity index is 1260. The summed E-state index contributed by atoms with van der Waals surface area (Å²) >= 11 is 6.02. The van der Waals surface area contributed by atoms with Gasteiger partial charge in [0.15, 0.2) is 5.65 Å². The third-order valence-electron chi connectivity index (χ3n) is 3.91. The zero-order valence-electron chi connectivity index (χ0n) is 21.8. The van der Waals surface area contributed by atoms with Gasteiger partial charge in [0.2, 0.25) is 0 Å². The van der Waals surface area contributed by atoms with Gasteiger partial charge in [-0.15, -0.1) is 5.10 Å². The number of pyridine rings is 1. The molecule has 7 heteroatoms. The Morgan fingerprint density at radius 1 is 1.15 bits per heavy atom. The molecule has 1 fully saturated rings. The van der Waals surface area contributed by atoms with Crippen LogP contribution in [0.15, 0.2) is 53.5 Å². The van der Waals surface area contributed by atoms with Crippen LogP contribution in [0.5, 0.6) is 0 Å². The lowest BCUT2D eigenvalue weighted by molar-refractivity contribution is 0.248. The van der Waals surface area contributed by atoms with E-state index in [-0.39, 0.29) is 18.7 Å². The maximum absolute atomic E-state index is 12.6. The number of nitrogens with zero attached hydrogens (tertiary/aromatic N) is 5. The van der Waals surface area contributed by atoms with Crippen LogP contribution in [-0.4, -0.2) is 51.7 Å². The number of aryl methyl sites for hydroxylation is 1. The molecule has 2 aromatic heterocycles. The van der Waals surface area contributed by atoms with Gasteiger partial charge >= 0.3 is 5.69 Å². The Morgan fingerprint density at radius 2 is 2.00 bits per heavy atom. The number of anilines is 1. The average molecular weight is 380 g/mol. The van der Waals surface area contributed by atoms with Crippen LogP contribution in [0, 0.1) is 0 Å². The Balaban J connectivity index is 1.66. The van der Waals surface area contributed by atoms with Crippen molar-refractivity contribution >= 4 is 22.9 Å². The highest BCUT2D eigenvalue weighted by Gasteiger charge is 2.17. The predicted molar refractivity (Wildman–Crippen MR) is 104 cm³/mol. The third-order valence-corrected chi connectivity index (χ3v) is 4.14. The van der Waals surface area contributed by atoms with Crippen LogP contribution in [0.3, 0.4) is 0 Å². The largest absolute Gasteiger partial charge is 0.369 e. The number of hydrogen-bond acceptors (Lipinski definition) is 4. The molecule has 4 rings (SSSR count). The maximum Gasteiger partial charge on any atom is 0.350 e. The summed E-state index contributed by atoms with van der Waals surface area (Å²) in [7, 11) is 0. The highest BCUT2D eigenvalue weighted by atomic mass is 35.5. The minimum absolute atomic E-state index is 0.165. The Morgan fingerprint density at radius 3 is 2.77 bits per heavy atom. The molecule has 136 valence electrons. The van der Waals surface area contributed by atoms with E-state index in [1.165, 1.54) is 17.2 Å². The Labute approximate surface area is 168 Å². The van der Waals surface area contributed by atoms with Gasteiger partial charge in [0.25, 0.3) is 0 Å². The molecular formula is C19H22ClN5O. The van der Waals surface area contributed by atoms with E-state index in [1.54, 1.807) is 36.4 Å². The summed E-state index contributed by atoms with van der Waals surface area (Å²) in [5.74, 6) is 0. The molecule has 0 spiro atoms. The molecule has 26 heavy (non-hydrogen) atoms. The average Bonchev–Trinajstić information content (AvgIpc) is 3.03. The second-order valence-corrected chi connectivity index (χ2v) is 6.04. The number of halogens is 1. The molecule has 3 heterocycles. The van der Waals surface area contributed by atoms with Gasteiger partial charge < -0.3 is 4.90 Å². The van der Waals surface area contributed by atoms with Gasteiger partial charge in [-0.3, -0.25) is 9.30 Å². The smallest absolute Gasteiger partial charge is 0.350 e. The van der Waals surface area contributed by atoms with E-state index < -0.39 is 38.1 Å². The van der Waals surface area contributed by atoms with Crippen molar-refractivity contribution in [3.8, 4) is 0 Å². The van der Waals surface area contributed by atoms with Crippen LogP contribution in [0.25, 0.3) is 5.65 Å². The van der Waals surface area contributed by atoms with Crippen LogP contribution in [0.2, 0.25) is 5.02 Å². The molecule has 3 aromatic rings. The first kappa shape index (κ1) is 10.1. The fraction of sp³-hybridized carbons (Fsp3) is 0.368. The first-order valence-electron chi connectivity index (χ1n) is 12.0. The van der Waals surface area contributed by atoms with E-state index in [2.05, 4.69) is 5.10 Å². The van der Waals surface area contributed by atoms with Crippen molar-refractivity contribution in [1.82, 2.24) is 19.1 Å². The molecule has 1 aromatic carbocycles. The van der Waals surface area contributed by atoms with Crippen molar-refractivity contribution in [1.29, 1.82) is 0 Å². The number of aromatic nitrogens is 3. The highest BCUT2D eigenvalue weighted by Crippen LogP contribution is 2.20. The lowest BCUT2D eigenvalue weighted by Gasteiger charge is -2.36. The molecule has 0 atom stereocenters. The summed E-state index contributed by atoms with van der Waals surface area (Å²) in [5.41, 5.74) is -0.182. The Hall–Kier alpha value is -2.31. The normalized spacial score (nSPS) is 25.2. The summed E-state index contributed by atoms with van der Waals surface area (Å²) in [5, 5.41) is 4.34. The minimum Gasteiger partial charge on any atom is -0.369 e. The first-order chi connectivity index (χ1) is 15.6. The number of benzene rings is 1. The van der Waals surface area contributed by atoms with Gasteiger partial charge in [-0.25, -0.2) is 9.48 Å². The predicted octanol–water partition coefficient (Wildman–Crippen LogP) is 2.36. The van der Waals surface area contributed by atoms with Gasteiger partial charge in [-0.2, -0.15) is 0 Å². The van der Waals surface area contributed by atoms with Gasteiger partial charge in [-0.1, -0.05) is 23.7 Å². The summed E-state index contributed by atoms with van der Waals surface area (Å²) in [6, 6.07) is 11.2. The summed E-state index contributed by atoms with van der Waals surface area (Å²) in [6.07, 6.45) is 0.359. The van der Waals surface area contributed by atoms with Crippen molar-refractivity contribution in [3.05, 3.63) is 64.2 Å². The molecule has 0 unspecified atom stereocenters. The lowest BCUT2D eigenvalue weighted by Crippen LogP contribution is -2.46. The third kappa shape index (κ3) is 3.61. The van der Waals surface area contributed by atoms with Crippen LogP contribution in [-0.2, 0) is 6.50 Å².